The normalized spacial score (nSPS) is 15.3. The summed E-state index contributed by atoms with van der Waals surface area (Å²) in [6, 6.07) is 0. The third-order valence-corrected chi connectivity index (χ3v) is 1.36. The topological polar surface area (TPSA) is 124 Å². The molecule has 0 rings (SSSR count). The van der Waals surface area contributed by atoms with Gasteiger partial charge in [-0.1, -0.05) is 0 Å². The molecule has 0 spiro atoms. The van der Waals surface area contributed by atoms with Crippen molar-refractivity contribution >= 4 is 10.4 Å². The second-order valence-corrected chi connectivity index (χ2v) is 3.67. The molecule has 14 heavy (non-hydrogen) atoms. The summed E-state index contributed by atoms with van der Waals surface area (Å²) in [7, 11) is -2.81. The Balaban J connectivity index is 0. The number of nitrogens with two attached hydrogens (primary N) is 1. The number of rotatable bonds is 4. The minimum Gasteiger partial charge on any atom is -0.726 e. The Bertz CT molecular complexity index is 212. The Labute approximate surface area is 83.7 Å². The Morgan fingerprint density at radius 3 is 1.86 bits per heavy atom. The lowest BCUT2D eigenvalue weighted by Gasteiger charge is -2.07. The first-order valence-electron chi connectivity index (χ1n) is 3.95. The zero-order chi connectivity index (χ0) is 11.8. The van der Waals surface area contributed by atoms with Gasteiger partial charge in [-0.25, -0.2) is 8.42 Å². The molecule has 0 bridgehead atoms. The summed E-state index contributed by atoms with van der Waals surface area (Å²) in [6.07, 6.45) is -1.18. The molecule has 0 aliphatic rings. The van der Waals surface area contributed by atoms with Crippen LogP contribution in [0.5, 0.6) is 0 Å². The average Bonchev–Trinajstić information content (AvgIpc) is 2.01. The number of hydrogen-bond acceptors (Lipinski definition) is 6. The van der Waals surface area contributed by atoms with E-state index in [0.717, 1.165) is 0 Å². The molecule has 0 amide bonds. The highest BCUT2D eigenvalue weighted by molar-refractivity contribution is 7.80. The van der Waals surface area contributed by atoms with Crippen molar-refractivity contribution in [1.29, 1.82) is 0 Å². The van der Waals surface area contributed by atoms with Crippen LogP contribution in [0.25, 0.3) is 0 Å². The van der Waals surface area contributed by atoms with Crippen LogP contribution in [0.1, 0.15) is 13.8 Å². The molecular weight excluding hydrogens is 214 g/mol. The van der Waals surface area contributed by atoms with E-state index in [9.17, 15) is 13.0 Å². The molecular formula is C6H17NO6S. The molecule has 8 heteroatoms. The van der Waals surface area contributed by atoms with Crippen LogP contribution in [0.2, 0.25) is 0 Å². The maximum absolute atomic E-state index is 9.65. The van der Waals surface area contributed by atoms with Gasteiger partial charge in [0.1, 0.15) is 0 Å². The number of aliphatic hydroxyl groups excluding tert-OH is 2. The van der Waals surface area contributed by atoms with Crippen LogP contribution >= 0.6 is 0 Å². The zero-order valence-electron chi connectivity index (χ0n) is 8.37. The van der Waals surface area contributed by atoms with Crippen molar-refractivity contribution in [3.05, 3.63) is 0 Å². The van der Waals surface area contributed by atoms with Crippen LogP contribution in [0.4, 0.5) is 0 Å². The number of aliphatic hydroxyl groups is 2. The number of quaternary nitrogens is 1. The molecule has 4 N–H and O–H groups in total. The minimum atomic E-state index is -4.63. The molecule has 0 aliphatic carbocycles. The van der Waals surface area contributed by atoms with Gasteiger partial charge in [0.05, 0.1) is 19.8 Å². The highest BCUT2D eigenvalue weighted by Crippen LogP contribution is 1.88. The van der Waals surface area contributed by atoms with Crippen LogP contribution < -0.4 is 5.32 Å². The smallest absolute Gasteiger partial charge is 0.217 e. The first kappa shape index (κ1) is 16.2. The van der Waals surface area contributed by atoms with Crippen molar-refractivity contribution in [2.24, 2.45) is 0 Å². The lowest BCUT2D eigenvalue weighted by atomic mass is 10.5. The maximum Gasteiger partial charge on any atom is 0.217 e. The Morgan fingerprint density at radius 1 is 1.43 bits per heavy atom. The third kappa shape index (κ3) is 22.6. The van der Waals surface area contributed by atoms with Gasteiger partial charge in [-0.15, -0.1) is 0 Å². The van der Waals surface area contributed by atoms with Crippen LogP contribution in [-0.2, 0) is 14.6 Å². The van der Waals surface area contributed by atoms with Crippen molar-refractivity contribution in [3.63, 3.8) is 0 Å². The maximum atomic E-state index is 9.65. The lowest BCUT2D eigenvalue weighted by molar-refractivity contribution is -0.696. The standard InChI is InChI=1S/C3H9NO.C3H8O5S/c1-3(5)4-2;1-3(4)2-8-9(5,6)7/h3-5H,1-2H3;3-4H,2H2,1H3,(H,5,6,7). The first-order valence-corrected chi connectivity index (χ1v) is 5.28. The molecule has 7 nitrogen and oxygen atoms in total. The van der Waals surface area contributed by atoms with Gasteiger partial charge in [-0.2, -0.15) is 0 Å². The fourth-order valence-electron chi connectivity index (χ4n) is 0.182. The van der Waals surface area contributed by atoms with Crippen LogP contribution in [-0.4, -0.2) is 49.2 Å². The van der Waals surface area contributed by atoms with E-state index in [0.29, 0.717) is 0 Å². The van der Waals surface area contributed by atoms with E-state index in [1.807, 2.05) is 7.05 Å². The molecule has 88 valence electrons. The molecule has 0 saturated carbocycles. The van der Waals surface area contributed by atoms with Crippen molar-refractivity contribution in [1.82, 2.24) is 0 Å². The summed E-state index contributed by atoms with van der Waals surface area (Å²) < 4.78 is 32.6. The summed E-state index contributed by atoms with van der Waals surface area (Å²) in [5.41, 5.74) is 0. The molecule has 0 aliphatic heterocycles. The van der Waals surface area contributed by atoms with Gasteiger partial charge < -0.3 is 20.1 Å². The largest absolute Gasteiger partial charge is 0.726 e. The number of hydrogen-bond donors (Lipinski definition) is 3. The van der Waals surface area contributed by atoms with Gasteiger partial charge in [0.25, 0.3) is 0 Å². The molecule has 0 fully saturated rings. The van der Waals surface area contributed by atoms with E-state index in [1.54, 1.807) is 12.2 Å². The van der Waals surface area contributed by atoms with E-state index >= 15 is 0 Å². The predicted molar refractivity (Wildman–Crippen MR) is 46.9 cm³/mol. The lowest BCUT2D eigenvalue weighted by Crippen LogP contribution is -2.85. The fourth-order valence-corrected chi connectivity index (χ4v) is 0.545. The summed E-state index contributed by atoms with van der Waals surface area (Å²) in [5, 5.41) is 18.4. The summed E-state index contributed by atoms with van der Waals surface area (Å²) >= 11 is 0. The van der Waals surface area contributed by atoms with Gasteiger partial charge >= 0.3 is 0 Å². The first-order chi connectivity index (χ1) is 6.19. The van der Waals surface area contributed by atoms with E-state index in [1.165, 1.54) is 6.92 Å². The monoisotopic (exact) mass is 231 g/mol. The summed E-state index contributed by atoms with van der Waals surface area (Å²) in [6.45, 7) is 2.55. The predicted octanol–water partition coefficient (Wildman–Crippen LogP) is -2.64. The molecule has 0 aromatic heterocycles. The fraction of sp³-hybridized carbons (Fsp3) is 1.00. The second-order valence-electron chi connectivity index (χ2n) is 2.62. The molecule has 0 aromatic rings. The van der Waals surface area contributed by atoms with E-state index < -0.39 is 23.1 Å². The average molecular weight is 231 g/mol. The van der Waals surface area contributed by atoms with Crippen molar-refractivity contribution in [2.45, 2.75) is 26.2 Å². The van der Waals surface area contributed by atoms with E-state index in [-0.39, 0.29) is 6.23 Å². The van der Waals surface area contributed by atoms with Gasteiger partial charge in [0.15, 0.2) is 6.23 Å². The summed E-state index contributed by atoms with van der Waals surface area (Å²) in [4.78, 5) is 0. The second kappa shape index (κ2) is 8.09. The van der Waals surface area contributed by atoms with Crippen molar-refractivity contribution in [2.75, 3.05) is 13.7 Å². The molecule has 0 saturated heterocycles. The van der Waals surface area contributed by atoms with E-state index in [4.69, 9.17) is 10.2 Å². The molecule has 0 radical (unpaired) electrons. The summed E-state index contributed by atoms with van der Waals surface area (Å²) in [5.74, 6) is 0. The Hall–Kier alpha value is -0.250. The van der Waals surface area contributed by atoms with Gasteiger partial charge in [-0.05, 0) is 6.92 Å². The van der Waals surface area contributed by atoms with Crippen LogP contribution in [0, 0.1) is 0 Å². The SMILES string of the molecule is CC(O)COS(=O)(=O)[O-].C[NH2+]C(C)O. The highest BCUT2D eigenvalue weighted by atomic mass is 32.3. The van der Waals surface area contributed by atoms with Gasteiger partial charge in [0, 0.05) is 6.92 Å². The van der Waals surface area contributed by atoms with Gasteiger partial charge in [-0.3, -0.25) is 4.18 Å². The van der Waals surface area contributed by atoms with Crippen molar-refractivity contribution < 1.29 is 32.7 Å². The molecule has 0 heterocycles. The van der Waals surface area contributed by atoms with Crippen LogP contribution in [0.15, 0.2) is 0 Å². The quantitative estimate of drug-likeness (QED) is 0.276. The molecule has 2 atom stereocenters. The highest BCUT2D eigenvalue weighted by Gasteiger charge is 1.98. The molecule has 0 aromatic carbocycles. The Morgan fingerprint density at radius 2 is 1.79 bits per heavy atom. The third-order valence-electron chi connectivity index (χ3n) is 0.936. The minimum absolute atomic E-state index is 0.241. The van der Waals surface area contributed by atoms with Crippen molar-refractivity contribution in [3.8, 4) is 0 Å². The van der Waals surface area contributed by atoms with E-state index in [2.05, 4.69) is 4.18 Å². The Kier molecular flexibility index (Phi) is 9.36. The zero-order valence-corrected chi connectivity index (χ0v) is 9.19. The molecule has 2 unspecified atom stereocenters. The van der Waals surface area contributed by atoms with Gasteiger partial charge in [0.2, 0.25) is 10.4 Å². The van der Waals surface area contributed by atoms with Crippen LogP contribution in [0.3, 0.4) is 0 Å².